The summed E-state index contributed by atoms with van der Waals surface area (Å²) in [4.78, 5) is 7.02. The Morgan fingerprint density at radius 1 is 1.25 bits per heavy atom. The number of rotatable bonds is 11. The van der Waals surface area contributed by atoms with E-state index >= 15 is 0 Å². The summed E-state index contributed by atoms with van der Waals surface area (Å²) >= 11 is 0. The molecule has 3 N–H and O–H groups in total. The smallest absolute Gasteiger partial charge is 0.191 e. The molecule has 0 saturated carbocycles. The van der Waals surface area contributed by atoms with Gasteiger partial charge in [0.2, 0.25) is 0 Å². The number of hydrogen-bond acceptors (Lipinski definition) is 4. The van der Waals surface area contributed by atoms with E-state index in [-0.39, 0.29) is 12.5 Å². The van der Waals surface area contributed by atoms with Crippen LogP contribution in [0.5, 0.6) is 0 Å². The van der Waals surface area contributed by atoms with Crippen molar-refractivity contribution in [2.24, 2.45) is 10.9 Å². The number of nitrogens with zero attached hydrogens (tertiary/aromatic N) is 2. The molecule has 6 heteroatoms. The Labute approximate surface area is 170 Å². The summed E-state index contributed by atoms with van der Waals surface area (Å²) in [6, 6.07) is 10.7. The maximum atomic E-state index is 9.11. The Hall–Kier alpha value is -1.63. The lowest BCUT2D eigenvalue weighted by Gasteiger charge is -2.32. The molecule has 0 aliphatic carbocycles. The number of piperidine rings is 1. The van der Waals surface area contributed by atoms with Gasteiger partial charge in [-0.1, -0.05) is 37.3 Å². The molecule has 1 heterocycles. The Kier molecular flexibility index (Phi) is 10.9. The molecular weight excluding hydrogens is 352 g/mol. The topological polar surface area (TPSA) is 69.1 Å². The first-order valence-corrected chi connectivity index (χ1v) is 10.7. The van der Waals surface area contributed by atoms with E-state index in [0.29, 0.717) is 12.6 Å². The van der Waals surface area contributed by atoms with Gasteiger partial charge in [0.15, 0.2) is 5.96 Å². The maximum absolute atomic E-state index is 9.11. The highest BCUT2D eigenvalue weighted by Gasteiger charge is 2.19. The van der Waals surface area contributed by atoms with Crippen LogP contribution in [0.3, 0.4) is 0 Å². The van der Waals surface area contributed by atoms with Crippen molar-refractivity contribution in [3.63, 3.8) is 0 Å². The maximum Gasteiger partial charge on any atom is 0.191 e. The largest absolute Gasteiger partial charge is 0.396 e. The summed E-state index contributed by atoms with van der Waals surface area (Å²) in [5.41, 5.74) is 1.39. The first-order valence-electron chi connectivity index (χ1n) is 10.7. The molecule has 0 bridgehead atoms. The molecule has 1 saturated heterocycles. The number of nitrogens with one attached hydrogen (secondary N) is 2. The van der Waals surface area contributed by atoms with Gasteiger partial charge >= 0.3 is 0 Å². The molecule has 28 heavy (non-hydrogen) atoms. The monoisotopic (exact) mass is 390 g/mol. The van der Waals surface area contributed by atoms with Crippen LogP contribution in [0.2, 0.25) is 0 Å². The van der Waals surface area contributed by atoms with E-state index in [4.69, 9.17) is 9.84 Å². The van der Waals surface area contributed by atoms with Crippen molar-refractivity contribution in [2.45, 2.75) is 45.8 Å². The van der Waals surface area contributed by atoms with Crippen molar-refractivity contribution in [3.8, 4) is 0 Å². The minimum Gasteiger partial charge on any atom is -0.396 e. The molecule has 1 atom stereocenters. The summed E-state index contributed by atoms with van der Waals surface area (Å²) in [6.07, 6.45) is 3.58. The van der Waals surface area contributed by atoms with Gasteiger partial charge in [-0.25, -0.2) is 0 Å². The van der Waals surface area contributed by atoms with E-state index in [0.717, 1.165) is 64.6 Å². The summed E-state index contributed by atoms with van der Waals surface area (Å²) in [5, 5.41) is 15.7. The van der Waals surface area contributed by atoms with Crippen molar-refractivity contribution < 1.29 is 9.84 Å². The van der Waals surface area contributed by atoms with Crippen molar-refractivity contribution in [2.75, 3.05) is 45.9 Å². The van der Waals surface area contributed by atoms with Gasteiger partial charge in [0.05, 0.1) is 6.10 Å². The van der Waals surface area contributed by atoms with Crippen LogP contribution in [0.15, 0.2) is 35.3 Å². The molecule has 1 aliphatic rings. The highest BCUT2D eigenvalue weighted by Crippen LogP contribution is 2.16. The predicted octanol–water partition coefficient (Wildman–Crippen LogP) is 2.24. The van der Waals surface area contributed by atoms with E-state index in [1.165, 1.54) is 5.56 Å². The number of hydrogen-bond donors (Lipinski definition) is 3. The Bertz CT molecular complexity index is 545. The van der Waals surface area contributed by atoms with Crippen molar-refractivity contribution >= 4 is 5.96 Å². The zero-order valence-corrected chi connectivity index (χ0v) is 17.6. The lowest BCUT2D eigenvalue weighted by atomic mass is 10.1. The molecule has 0 spiro atoms. The number of likely N-dealkylation sites (tertiary alicyclic amines) is 1. The number of aliphatic hydroxyl groups is 1. The van der Waals surface area contributed by atoms with Crippen LogP contribution >= 0.6 is 0 Å². The summed E-state index contributed by atoms with van der Waals surface area (Å²) in [5.74, 6) is 1.00. The Morgan fingerprint density at radius 3 is 2.68 bits per heavy atom. The summed E-state index contributed by atoms with van der Waals surface area (Å²) in [6.45, 7) is 10.6. The third kappa shape index (κ3) is 9.04. The zero-order chi connectivity index (χ0) is 20.0. The molecule has 1 unspecified atom stereocenters. The van der Waals surface area contributed by atoms with Crippen molar-refractivity contribution in [1.29, 1.82) is 0 Å². The van der Waals surface area contributed by atoms with Crippen molar-refractivity contribution in [1.82, 2.24) is 15.5 Å². The first-order chi connectivity index (χ1) is 13.7. The van der Waals surface area contributed by atoms with Crippen LogP contribution < -0.4 is 10.6 Å². The number of aliphatic imine (C=N–C) groups is 1. The van der Waals surface area contributed by atoms with E-state index in [2.05, 4.69) is 57.8 Å². The third-order valence-corrected chi connectivity index (χ3v) is 4.97. The molecule has 2 rings (SSSR count). The second-order valence-corrected chi connectivity index (χ2v) is 7.62. The molecule has 158 valence electrons. The highest BCUT2D eigenvalue weighted by atomic mass is 16.5. The molecule has 0 aromatic heterocycles. The normalized spacial score (nSPS) is 17.5. The average molecular weight is 391 g/mol. The summed E-state index contributed by atoms with van der Waals surface area (Å²) in [7, 11) is 0. The van der Waals surface area contributed by atoms with E-state index in [1.54, 1.807) is 0 Å². The van der Waals surface area contributed by atoms with E-state index in [1.807, 2.05) is 6.92 Å². The molecule has 0 amide bonds. The van der Waals surface area contributed by atoms with Gasteiger partial charge < -0.3 is 20.5 Å². The van der Waals surface area contributed by atoms with Gasteiger partial charge in [0, 0.05) is 52.5 Å². The minimum absolute atomic E-state index is 0.168. The molecule has 6 nitrogen and oxygen atoms in total. The minimum atomic E-state index is 0.168. The van der Waals surface area contributed by atoms with Gasteiger partial charge in [0.25, 0.3) is 0 Å². The Balaban J connectivity index is 1.56. The number of guanidine groups is 1. The highest BCUT2D eigenvalue weighted by molar-refractivity contribution is 5.79. The van der Waals surface area contributed by atoms with Gasteiger partial charge in [0.1, 0.15) is 0 Å². The van der Waals surface area contributed by atoms with Crippen molar-refractivity contribution in [3.05, 3.63) is 35.9 Å². The van der Waals surface area contributed by atoms with E-state index in [9.17, 15) is 0 Å². The molecule has 1 aromatic rings. The lowest BCUT2D eigenvalue weighted by molar-refractivity contribution is 0.00534. The fraction of sp³-hybridized carbons (Fsp3) is 0.682. The molecule has 1 aliphatic heterocycles. The lowest BCUT2D eigenvalue weighted by Crippen LogP contribution is -2.39. The zero-order valence-electron chi connectivity index (χ0n) is 17.6. The van der Waals surface area contributed by atoms with Crippen LogP contribution in [-0.4, -0.2) is 68.0 Å². The number of benzene rings is 1. The van der Waals surface area contributed by atoms with Crippen LogP contribution in [0.25, 0.3) is 0 Å². The molecule has 1 fully saturated rings. The first kappa shape index (κ1) is 22.7. The van der Waals surface area contributed by atoms with E-state index < -0.39 is 0 Å². The number of aliphatic hydroxyl groups excluding tert-OH is 1. The average Bonchev–Trinajstić information content (AvgIpc) is 2.73. The van der Waals surface area contributed by atoms with Crippen LogP contribution in [0.4, 0.5) is 0 Å². The van der Waals surface area contributed by atoms with Gasteiger partial charge in [-0.3, -0.25) is 9.89 Å². The SMILES string of the molecule is CCNC(=NCC(C)CO)NCCCOC1CCN(Cc2ccccc2)CC1. The van der Waals surface area contributed by atoms with Gasteiger partial charge in [-0.2, -0.15) is 0 Å². The Morgan fingerprint density at radius 2 is 2.00 bits per heavy atom. The van der Waals surface area contributed by atoms with Crippen LogP contribution in [0, 0.1) is 5.92 Å². The second kappa shape index (κ2) is 13.5. The molecular formula is C22H38N4O2. The quantitative estimate of drug-likeness (QED) is 0.307. The molecule has 1 aromatic carbocycles. The van der Waals surface area contributed by atoms with Gasteiger partial charge in [-0.15, -0.1) is 0 Å². The standard InChI is InChI=1S/C22H38N4O2/c1-3-23-22(25-16-19(2)18-27)24-12-7-15-28-21-10-13-26(14-11-21)17-20-8-5-4-6-9-20/h4-6,8-9,19,21,27H,3,7,10-18H2,1-2H3,(H2,23,24,25). The second-order valence-electron chi connectivity index (χ2n) is 7.62. The van der Waals surface area contributed by atoms with Crippen LogP contribution in [-0.2, 0) is 11.3 Å². The number of ether oxygens (including phenoxy) is 1. The predicted molar refractivity (Wildman–Crippen MR) is 116 cm³/mol. The fourth-order valence-electron chi connectivity index (χ4n) is 3.25. The molecule has 0 radical (unpaired) electrons. The fourth-order valence-corrected chi connectivity index (χ4v) is 3.25. The van der Waals surface area contributed by atoms with Crippen LogP contribution in [0.1, 0.15) is 38.7 Å². The van der Waals surface area contributed by atoms with Gasteiger partial charge in [-0.05, 0) is 37.7 Å². The third-order valence-electron chi connectivity index (χ3n) is 4.97. The summed E-state index contributed by atoms with van der Waals surface area (Å²) < 4.78 is 6.08.